The number of nitrogens with zero attached hydrogens (tertiary/aromatic N) is 3. The van der Waals surface area contributed by atoms with E-state index in [1.165, 1.54) is 30.0 Å². The maximum absolute atomic E-state index is 10.9. The van der Waals surface area contributed by atoms with Crippen LogP contribution in [0.3, 0.4) is 0 Å². The van der Waals surface area contributed by atoms with Crippen LogP contribution in [0.2, 0.25) is 0 Å². The normalized spacial score (nSPS) is 18.6. The molecule has 0 saturated carbocycles. The molecule has 1 saturated heterocycles. The quantitative estimate of drug-likeness (QED) is 0.684. The Kier molecular flexibility index (Phi) is 4.45. The number of nitro benzene ring substituents is 1. The molecule has 0 radical (unpaired) electrons. The highest BCUT2D eigenvalue weighted by Gasteiger charge is 2.15. The van der Waals surface area contributed by atoms with Crippen LogP contribution in [0.4, 0.5) is 11.5 Å². The molecule has 1 aliphatic rings. The fourth-order valence-corrected chi connectivity index (χ4v) is 4.78. The third-order valence-electron chi connectivity index (χ3n) is 3.21. The molecule has 3 rings (SSSR count). The van der Waals surface area contributed by atoms with Gasteiger partial charge in [0.25, 0.3) is 5.69 Å². The van der Waals surface area contributed by atoms with E-state index in [1.54, 1.807) is 6.07 Å². The van der Waals surface area contributed by atoms with E-state index in [1.807, 2.05) is 23.5 Å². The number of nitro groups is 1. The molecule has 0 aliphatic carbocycles. The average Bonchev–Trinajstić information content (AvgIpc) is 2.53. The average molecular weight is 322 g/mol. The lowest BCUT2D eigenvalue weighted by Gasteiger charge is -2.21. The molecule has 8 heteroatoms. The molecule has 2 aromatic rings. The molecule has 2 heterocycles. The number of nitrogens with one attached hydrogen (secondary N) is 1. The second-order valence-electron chi connectivity index (χ2n) is 4.63. The molecule has 110 valence electrons. The summed E-state index contributed by atoms with van der Waals surface area (Å²) in [6.45, 7) is 0.812. The van der Waals surface area contributed by atoms with Crippen molar-refractivity contribution in [1.29, 1.82) is 0 Å². The number of aromatic nitrogens is 2. The van der Waals surface area contributed by atoms with Gasteiger partial charge < -0.3 is 5.32 Å². The van der Waals surface area contributed by atoms with Gasteiger partial charge in [0.1, 0.15) is 12.1 Å². The topological polar surface area (TPSA) is 81.0 Å². The molecule has 21 heavy (non-hydrogen) atoms. The number of hydrogen-bond acceptors (Lipinski definition) is 7. The van der Waals surface area contributed by atoms with Gasteiger partial charge in [-0.05, 0) is 6.07 Å². The first-order chi connectivity index (χ1) is 10.2. The molecule has 1 fully saturated rings. The van der Waals surface area contributed by atoms with Gasteiger partial charge in [-0.1, -0.05) is 0 Å². The Balaban J connectivity index is 1.83. The van der Waals surface area contributed by atoms with Crippen molar-refractivity contribution in [2.45, 2.75) is 5.25 Å². The molecule has 1 N–H and O–H groups in total. The molecule has 1 aliphatic heterocycles. The van der Waals surface area contributed by atoms with Crippen molar-refractivity contribution in [3.05, 3.63) is 34.6 Å². The number of fused-ring (bicyclic) bond motifs is 1. The summed E-state index contributed by atoms with van der Waals surface area (Å²) in [6.07, 6.45) is 1.49. The second-order valence-corrected chi connectivity index (χ2v) is 7.19. The Morgan fingerprint density at radius 3 is 3.05 bits per heavy atom. The number of hydrogen-bond donors (Lipinski definition) is 1. The molecule has 6 nitrogen and oxygen atoms in total. The lowest BCUT2D eigenvalue weighted by Crippen LogP contribution is -2.23. The van der Waals surface area contributed by atoms with Gasteiger partial charge in [-0.25, -0.2) is 9.97 Å². The fraction of sp³-hybridized carbons (Fsp3) is 0.385. The van der Waals surface area contributed by atoms with E-state index in [9.17, 15) is 10.1 Å². The maximum atomic E-state index is 10.9. The van der Waals surface area contributed by atoms with Gasteiger partial charge in [0, 0.05) is 46.6 Å². The minimum atomic E-state index is -0.399. The molecule has 1 aromatic carbocycles. The monoisotopic (exact) mass is 322 g/mol. The molecular weight excluding hydrogens is 308 g/mol. The summed E-state index contributed by atoms with van der Waals surface area (Å²) in [5.41, 5.74) is 0.770. The molecule has 1 unspecified atom stereocenters. The van der Waals surface area contributed by atoms with Crippen LogP contribution < -0.4 is 5.32 Å². The zero-order valence-electron chi connectivity index (χ0n) is 11.2. The Bertz CT molecular complexity index is 662. The van der Waals surface area contributed by atoms with E-state index >= 15 is 0 Å². The zero-order valence-corrected chi connectivity index (χ0v) is 12.8. The van der Waals surface area contributed by atoms with Crippen molar-refractivity contribution >= 4 is 45.9 Å². The predicted octanol–water partition coefficient (Wildman–Crippen LogP) is 2.80. The lowest BCUT2D eigenvalue weighted by atomic mass is 10.2. The zero-order chi connectivity index (χ0) is 14.7. The van der Waals surface area contributed by atoms with Crippen molar-refractivity contribution in [1.82, 2.24) is 9.97 Å². The first-order valence-corrected chi connectivity index (χ1v) is 8.77. The van der Waals surface area contributed by atoms with E-state index < -0.39 is 4.92 Å². The van der Waals surface area contributed by atoms with Gasteiger partial charge >= 0.3 is 0 Å². The van der Waals surface area contributed by atoms with Crippen molar-refractivity contribution in [2.75, 3.05) is 29.1 Å². The highest BCUT2D eigenvalue weighted by Crippen LogP contribution is 2.27. The van der Waals surface area contributed by atoms with Gasteiger partial charge in [-0.15, -0.1) is 0 Å². The van der Waals surface area contributed by atoms with Gasteiger partial charge in [0.15, 0.2) is 0 Å². The number of non-ortho nitro benzene ring substituents is 1. The van der Waals surface area contributed by atoms with Crippen LogP contribution in [-0.2, 0) is 0 Å². The number of rotatable bonds is 4. The number of anilines is 1. The Morgan fingerprint density at radius 2 is 2.29 bits per heavy atom. The summed E-state index contributed by atoms with van der Waals surface area (Å²) in [4.78, 5) is 18.9. The summed E-state index contributed by atoms with van der Waals surface area (Å²) in [5.74, 6) is 4.18. The van der Waals surface area contributed by atoms with E-state index in [2.05, 4.69) is 15.3 Å². The third kappa shape index (κ3) is 3.38. The first-order valence-electron chi connectivity index (χ1n) is 6.56. The highest BCUT2D eigenvalue weighted by molar-refractivity contribution is 8.06. The third-order valence-corrected chi connectivity index (χ3v) is 6.06. The van der Waals surface area contributed by atoms with E-state index in [-0.39, 0.29) is 5.69 Å². The standard InChI is InChI=1S/C13H14N4O2S2/c18-17(19)9-1-2-12-11(5-9)13(16-8-15-12)14-6-10-7-20-3-4-21-10/h1-2,5,8,10H,3-4,6-7H2,(H,14,15,16). The Morgan fingerprint density at radius 1 is 1.38 bits per heavy atom. The number of benzene rings is 1. The SMILES string of the molecule is O=[N+]([O-])c1ccc2ncnc(NCC3CSCCS3)c2c1. The van der Waals surface area contributed by atoms with Gasteiger partial charge in [-0.2, -0.15) is 23.5 Å². The summed E-state index contributed by atoms with van der Waals surface area (Å²) in [6, 6.07) is 4.65. The van der Waals surface area contributed by atoms with Gasteiger partial charge in [-0.3, -0.25) is 10.1 Å². The molecule has 0 bridgehead atoms. The van der Waals surface area contributed by atoms with Gasteiger partial charge in [0.2, 0.25) is 0 Å². The van der Waals surface area contributed by atoms with E-state index in [0.717, 1.165) is 12.3 Å². The minimum absolute atomic E-state index is 0.0583. The van der Waals surface area contributed by atoms with Crippen molar-refractivity contribution < 1.29 is 4.92 Å². The smallest absolute Gasteiger partial charge is 0.270 e. The fourth-order valence-electron chi connectivity index (χ4n) is 2.16. The summed E-state index contributed by atoms with van der Waals surface area (Å²) < 4.78 is 0. The molecule has 0 amide bonds. The van der Waals surface area contributed by atoms with Crippen LogP contribution >= 0.6 is 23.5 Å². The molecule has 1 atom stereocenters. The van der Waals surface area contributed by atoms with E-state index in [4.69, 9.17) is 0 Å². The molecule has 1 aromatic heterocycles. The minimum Gasteiger partial charge on any atom is -0.368 e. The lowest BCUT2D eigenvalue weighted by molar-refractivity contribution is -0.384. The Labute approximate surface area is 130 Å². The van der Waals surface area contributed by atoms with Crippen LogP contribution in [0.5, 0.6) is 0 Å². The first kappa shape index (κ1) is 14.4. The second kappa shape index (κ2) is 6.48. The summed E-state index contributed by atoms with van der Waals surface area (Å²) >= 11 is 3.93. The van der Waals surface area contributed by atoms with Crippen LogP contribution in [0.15, 0.2) is 24.5 Å². The highest BCUT2D eigenvalue weighted by atomic mass is 32.2. The van der Waals surface area contributed by atoms with Crippen molar-refractivity contribution in [3.8, 4) is 0 Å². The van der Waals surface area contributed by atoms with E-state index in [0.29, 0.717) is 22.0 Å². The number of thioether (sulfide) groups is 2. The predicted molar refractivity (Wildman–Crippen MR) is 88.3 cm³/mol. The largest absolute Gasteiger partial charge is 0.368 e. The van der Waals surface area contributed by atoms with Crippen molar-refractivity contribution in [3.63, 3.8) is 0 Å². The van der Waals surface area contributed by atoms with Crippen LogP contribution in [0, 0.1) is 10.1 Å². The van der Waals surface area contributed by atoms with Crippen LogP contribution in [0.1, 0.15) is 0 Å². The molecule has 0 spiro atoms. The summed E-state index contributed by atoms with van der Waals surface area (Å²) in [7, 11) is 0. The van der Waals surface area contributed by atoms with Crippen LogP contribution in [-0.4, -0.2) is 43.9 Å². The summed E-state index contributed by atoms with van der Waals surface area (Å²) in [5, 5.41) is 15.5. The van der Waals surface area contributed by atoms with Crippen LogP contribution in [0.25, 0.3) is 10.9 Å². The van der Waals surface area contributed by atoms with Crippen molar-refractivity contribution in [2.24, 2.45) is 0 Å². The molecular formula is C13H14N4O2S2. The van der Waals surface area contributed by atoms with Gasteiger partial charge in [0.05, 0.1) is 10.4 Å². The Hall–Kier alpha value is -1.54. The maximum Gasteiger partial charge on any atom is 0.270 e.